The fourth-order valence-corrected chi connectivity index (χ4v) is 1.83. The Bertz CT molecular complexity index is 418. The van der Waals surface area contributed by atoms with Gasteiger partial charge in [-0.25, -0.2) is 8.78 Å². The summed E-state index contributed by atoms with van der Waals surface area (Å²) in [5.74, 6) is -2.56. The fraction of sp³-hybridized carbons (Fsp3) is 0.462. The van der Waals surface area contributed by atoms with E-state index in [1.807, 2.05) is 6.92 Å². The number of unbranched alkanes of at least 4 members (excludes halogenated alkanes) is 1. The first kappa shape index (κ1) is 16.0. The van der Waals surface area contributed by atoms with Crippen LogP contribution in [0.3, 0.4) is 0 Å². The Morgan fingerprint density at radius 2 is 1.95 bits per heavy atom. The molecule has 1 N–H and O–H groups in total. The molecule has 0 bridgehead atoms. The number of carbonyl (C=O) groups excluding carboxylic acids is 1. The summed E-state index contributed by atoms with van der Waals surface area (Å²) < 4.78 is 32.4. The van der Waals surface area contributed by atoms with Crippen LogP contribution in [0, 0.1) is 11.6 Å². The maximum Gasteiger partial charge on any atom is 0.257 e. The lowest BCUT2D eigenvalue weighted by molar-refractivity contribution is 0.0904. The summed E-state index contributed by atoms with van der Waals surface area (Å²) in [6.07, 6.45) is 1.98. The van der Waals surface area contributed by atoms with E-state index in [1.165, 1.54) is 0 Å². The van der Waals surface area contributed by atoms with Gasteiger partial charge in [0.2, 0.25) is 0 Å². The van der Waals surface area contributed by atoms with Crippen molar-refractivity contribution >= 4 is 21.8 Å². The van der Waals surface area contributed by atoms with E-state index >= 15 is 0 Å². The number of hydrogen-bond acceptors (Lipinski definition) is 2. The third-order valence-corrected chi connectivity index (χ3v) is 2.87. The molecular weight excluding hydrogens is 320 g/mol. The van der Waals surface area contributed by atoms with Crippen LogP contribution in [0.4, 0.5) is 8.78 Å². The van der Waals surface area contributed by atoms with E-state index in [2.05, 4.69) is 21.2 Å². The molecule has 0 heterocycles. The molecule has 1 rings (SSSR count). The maximum absolute atomic E-state index is 13.5. The second-order valence-electron chi connectivity index (χ2n) is 3.97. The third kappa shape index (κ3) is 5.24. The minimum absolute atomic E-state index is 0.220. The quantitative estimate of drug-likeness (QED) is 0.776. The second kappa shape index (κ2) is 8.22. The molecular formula is C13H16BrF2NO2. The van der Waals surface area contributed by atoms with Gasteiger partial charge < -0.3 is 10.1 Å². The molecule has 0 aliphatic carbocycles. The lowest BCUT2D eigenvalue weighted by atomic mass is 10.2. The molecule has 6 heteroatoms. The molecule has 0 aliphatic heterocycles. The predicted octanol–water partition coefficient (Wildman–Crippen LogP) is 3.27. The smallest absolute Gasteiger partial charge is 0.257 e. The highest BCUT2D eigenvalue weighted by molar-refractivity contribution is 9.10. The van der Waals surface area contributed by atoms with Crippen LogP contribution >= 0.6 is 15.9 Å². The number of carbonyl (C=O) groups is 1. The molecule has 0 fully saturated rings. The van der Waals surface area contributed by atoms with Gasteiger partial charge >= 0.3 is 0 Å². The summed E-state index contributed by atoms with van der Waals surface area (Å²) in [7, 11) is 0. The second-order valence-corrected chi connectivity index (χ2v) is 4.88. The van der Waals surface area contributed by atoms with E-state index in [1.54, 1.807) is 0 Å². The normalized spacial score (nSPS) is 10.5. The van der Waals surface area contributed by atoms with Gasteiger partial charge in [-0.2, -0.15) is 0 Å². The first-order valence-electron chi connectivity index (χ1n) is 6.06. The monoisotopic (exact) mass is 335 g/mol. The topological polar surface area (TPSA) is 38.3 Å². The summed E-state index contributed by atoms with van der Waals surface area (Å²) in [6.45, 7) is 3.21. The average Bonchev–Trinajstić information content (AvgIpc) is 2.32. The molecule has 106 valence electrons. The summed E-state index contributed by atoms with van der Waals surface area (Å²) >= 11 is 2.95. The Morgan fingerprint density at radius 3 is 2.53 bits per heavy atom. The number of rotatable bonds is 7. The van der Waals surface area contributed by atoms with Gasteiger partial charge in [-0.1, -0.05) is 29.3 Å². The standard InChI is InChI=1S/C13H16BrF2NO2/c1-2-3-5-19-6-4-17-13(18)12-10(15)7-9(14)8-11(12)16/h7-8H,2-6H2,1H3,(H,17,18). The van der Waals surface area contributed by atoms with Gasteiger partial charge in [-0.15, -0.1) is 0 Å². The fourth-order valence-electron chi connectivity index (χ4n) is 1.43. The number of nitrogens with one attached hydrogen (secondary N) is 1. The van der Waals surface area contributed by atoms with E-state index in [-0.39, 0.29) is 11.0 Å². The van der Waals surface area contributed by atoms with Gasteiger partial charge in [-0.05, 0) is 18.6 Å². The van der Waals surface area contributed by atoms with Gasteiger partial charge in [-0.3, -0.25) is 4.79 Å². The molecule has 0 saturated heterocycles. The largest absolute Gasteiger partial charge is 0.380 e. The van der Waals surface area contributed by atoms with Crippen LogP contribution in [-0.4, -0.2) is 25.7 Å². The lowest BCUT2D eigenvalue weighted by Crippen LogP contribution is -2.29. The molecule has 1 amide bonds. The van der Waals surface area contributed by atoms with Gasteiger partial charge in [0.15, 0.2) is 0 Å². The summed E-state index contributed by atoms with van der Waals surface area (Å²) in [4.78, 5) is 11.6. The SMILES string of the molecule is CCCCOCCNC(=O)c1c(F)cc(Br)cc1F. The molecule has 1 aromatic rings. The van der Waals surface area contributed by atoms with E-state index in [9.17, 15) is 13.6 Å². The molecule has 0 aliphatic rings. The molecule has 1 aromatic carbocycles. The van der Waals surface area contributed by atoms with Gasteiger partial charge in [0, 0.05) is 17.6 Å². The highest BCUT2D eigenvalue weighted by atomic mass is 79.9. The zero-order valence-electron chi connectivity index (χ0n) is 10.6. The minimum Gasteiger partial charge on any atom is -0.380 e. The Labute approximate surface area is 119 Å². The van der Waals surface area contributed by atoms with Crippen molar-refractivity contribution in [2.75, 3.05) is 19.8 Å². The molecule has 0 saturated carbocycles. The Hall–Kier alpha value is -1.01. The van der Waals surface area contributed by atoms with Crippen molar-refractivity contribution in [1.29, 1.82) is 0 Å². The van der Waals surface area contributed by atoms with Crippen molar-refractivity contribution in [3.63, 3.8) is 0 Å². The minimum atomic E-state index is -0.892. The Balaban J connectivity index is 2.46. The molecule has 0 spiro atoms. The number of ether oxygens (including phenoxy) is 1. The van der Waals surface area contributed by atoms with E-state index in [4.69, 9.17) is 4.74 Å². The third-order valence-electron chi connectivity index (χ3n) is 2.41. The predicted molar refractivity (Wildman–Crippen MR) is 72.1 cm³/mol. The zero-order chi connectivity index (χ0) is 14.3. The summed E-state index contributed by atoms with van der Waals surface area (Å²) in [5, 5.41) is 2.42. The Morgan fingerprint density at radius 1 is 1.32 bits per heavy atom. The van der Waals surface area contributed by atoms with Crippen molar-refractivity contribution in [1.82, 2.24) is 5.32 Å². The lowest BCUT2D eigenvalue weighted by Gasteiger charge is -2.08. The molecule has 0 atom stereocenters. The van der Waals surface area contributed by atoms with E-state index in [0.717, 1.165) is 25.0 Å². The molecule has 0 unspecified atom stereocenters. The number of halogens is 3. The van der Waals surface area contributed by atoms with Crippen molar-refractivity contribution in [3.8, 4) is 0 Å². The summed E-state index contributed by atoms with van der Waals surface area (Å²) in [6, 6.07) is 2.10. The van der Waals surface area contributed by atoms with Crippen LogP contribution in [0.5, 0.6) is 0 Å². The van der Waals surface area contributed by atoms with E-state index < -0.39 is 23.1 Å². The molecule has 3 nitrogen and oxygen atoms in total. The Kier molecular flexibility index (Phi) is 6.94. The highest BCUT2D eigenvalue weighted by Gasteiger charge is 2.17. The zero-order valence-corrected chi connectivity index (χ0v) is 12.2. The average molecular weight is 336 g/mol. The van der Waals surface area contributed by atoms with Crippen LogP contribution in [-0.2, 0) is 4.74 Å². The highest BCUT2D eigenvalue weighted by Crippen LogP contribution is 2.19. The number of benzene rings is 1. The first-order valence-corrected chi connectivity index (χ1v) is 6.86. The van der Waals surface area contributed by atoms with E-state index in [0.29, 0.717) is 13.2 Å². The van der Waals surface area contributed by atoms with Crippen LogP contribution < -0.4 is 5.32 Å². The van der Waals surface area contributed by atoms with Crippen LogP contribution in [0.2, 0.25) is 0 Å². The molecule has 19 heavy (non-hydrogen) atoms. The van der Waals surface area contributed by atoms with Crippen molar-refractivity contribution in [2.45, 2.75) is 19.8 Å². The summed E-state index contributed by atoms with van der Waals surface area (Å²) in [5.41, 5.74) is -0.572. The molecule has 0 aromatic heterocycles. The van der Waals surface area contributed by atoms with Crippen LogP contribution in [0.15, 0.2) is 16.6 Å². The van der Waals surface area contributed by atoms with Gasteiger partial charge in [0.25, 0.3) is 5.91 Å². The van der Waals surface area contributed by atoms with Crippen LogP contribution in [0.25, 0.3) is 0 Å². The van der Waals surface area contributed by atoms with Gasteiger partial charge in [0.1, 0.15) is 17.2 Å². The van der Waals surface area contributed by atoms with Gasteiger partial charge in [0.05, 0.1) is 6.61 Å². The number of hydrogen-bond donors (Lipinski definition) is 1. The first-order chi connectivity index (χ1) is 9.06. The maximum atomic E-state index is 13.5. The molecule has 0 radical (unpaired) electrons. The van der Waals surface area contributed by atoms with Crippen LogP contribution in [0.1, 0.15) is 30.1 Å². The van der Waals surface area contributed by atoms with Crippen molar-refractivity contribution < 1.29 is 18.3 Å². The van der Waals surface area contributed by atoms with Crippen molar-refractivity contribution in [3.05, 3.63) is 33.8 Å². The number of amides is 1. The van der Waals surface area contributed by atoms with Crippen molar-refractivity contribution in [2.24, 2.45) is 0 Å².